The first-order valence-corrected chi connectivity index (χ1v) is 7.74. The van der Waals surface area contributed by atoms with E-state index in [9.17, 15) is 0 Å². The maximum Gasteiger partial charge on any atom is 0.123 e. The third-order valence-corrected chi connectivity index (χ3v) is 4.92. The van der Waals surface area contributed by atoms with Crippen molar-refractivity contribution in [3.05, 3.63) is 29.8 Å². The Morgan fingerprint density at radius 2 is 2.05 bits per heavy atom. The molecule has 4 heteroatoms. The van der Waals surface area contributed by atoms with Gasteiger partial charge in [0.25, 0.3) is 0 Å². The van der Waals surface area contributed by atoms with Gasteiger partial charge in [0.2, 0.25) is 0 Å². The van der Waals surface area contributed by atoms with Gasteiger partial charge in [0.1, 0.15) is 5.75 Å². The van der Waals surface area contributed by atoms with Crippen molar-refractivity contribution in [2.45, 2.75) is 43.9 Å². The third-order valence-electron chi connectivity index (χ3n) is 4.92. The van der Waals surface area contributed by atoms with Crippen LogP contribution in [0.4, 0.5) is 0 Å². The van der Waals surface area contributed by atoms with E-state index in [1.54, 1.807) is 14.2 Å². The average Bonchev–Trinajstić information content (AvgIpc) is 2.54. The maximum absolute atomic E-state index is 6.18. The van der Waals surface area contributed by atoms with Crippen LogP contribution in [0.1, 0.15) is 31.2 Å². The summed E-state index contributed by atoms with van der Waals surface area (Å²) >= 11 is 0. The molecule has 1 aliphatic carbocycles. The van der Waals surface area contributed by atoms with Crippen LogP contribution in [0.3, 0.4) is 0 Å². The Kier molecular flexibility index (Phi) is 5.62. The summed E-state index contributed by atoms with van der Waals surface area (Å²) in [5.41, 5.74) is 7.29. The summed E-state index contributed by atoms with van der Waals surface area (Å²) in [5.74, 6) is 0.932. The Morgan fingerprint density at radius 3 is 2.71 bits per heavy atom. The van der Waals surface area contributed by atoms with Crippen LogP contribution in [0.5, 0.6) is 5.75 Å². The molecule has 1 aromatic rings. The summed E-state index contributed by atoms with van der Waals surface area (Å²) in [5, 5.41) is 0. The van der Waals surface area contributed by atoms with E-state index in [-0.39, 0.29) is 11.6 Å². The summed E-state index contributed by atoms with van der Waals surface area (Å²) in [6, 6.07) is 8.17. The zero-order valence-corrected chi connectivity index (χ0v) is 13.5. The number of benzene rings is 1. The molecular weight excluding hydrogens is 264 g/mol. The highest BCUT2D eigenvalue weighted by atomic mass is 16.5. The van der Waals surface area contributed by atoms with Gasteiger partial charge in [0.05, 0.1) is 18.8 Å². The zero-order valence-electron chi connectivity index (χ0n) is 13.5. The summed E-state index contributed by atoms with van der Waals surface area (Å²) in [6.07, 6.45) is 4.82. The number of ether oxygens (including phenoxy) is 2. The quantitative estimate of drug-likeness (QED) is 0.875. The number of methoxy groups -OCH3 is 2. The second-order valence-electron chi connectivity index (χ2n) is 5.95. The molecule has 2 unspecified atom stereocenters. The fourth-order valence-corrected chi connectivity index (χ4v) is 3.60. The molecule has 4 nitrogen and oxygen atoms in total. The lowest BCUT2D eigenvalue weighted by atomic mass is 9.77. The van der Waals surface area contributed by atoms with Gasteiger partial charge < -0.3 is 15.2 Å². The van der Waals surface area contributed by atoms with Gasteiger partial charge in [0.15, 0.2) is 0 Å². The molecule has 0 aliphatic heterocycles. The largest absolute Gasteiger partial charge is 0.496 e. The molecular formula is C17H28N2O2. The van der Waals surface area contributed by atoms with E-state index in [4.69, 9.17) is 15.2 Å². The third kappa shape index (κ3) is 3.23. The minimum absolute atomic E-state index is 0.0755. The van der Waals surface area contributed by atoms with Crippen molar-refractivity contribution < 1.29 is 9.47 Å². The van der Waals surface area contributed by atoms with Crippen LogP contribution in [-0.4, -0.2) is 44.4 Å². The van der Waals surface area contributed by atoms with Gasteiger partial charge in [-0.05, 0) is 26.0 Å². The highest BCUT2D eigenvalue weighted by Crippen LogP contribution is 2.35. The smallest absolute Gasteiger partial charge is 0.123 e. The van der Waals surface area contributed by atoms with Crippen LogP contribution >= 0.6 is 0 Å². The molecule has 0 heterocycles. The number of hydrogen-bond acceptors (Lipinski definition) is 4. The van der Waals surface area contributed by atoms with E-state index in [1.165, 1.54) is 18.4 Å². The first-order chi connectivity index (χ1) is 10.2. The first-order valence-electron chi connectivity index (χ1n) is 7.74. The highest BCUT2D eigenvalue weighted by molar-refractivity contribution is 5.33. The lowest BCUT2D eigenvalue weighted by Crippen LogP contribution is -2.61. The lowest BCUT2D eigenvalue weighted by Gasteiger charge is -2.49. The van der Waals surface area contributed by atoms with Gasteiger partial charge in [-0.25, -0.2) is 0 Å². The van der Waals surface area contributed by atoms with Crippen LogP contribution in [0.15, 0.2) is 24.3 Å². The van der Waals surface area contributed by atoms with Crippen LogP contribution < -0.4 is 10.5 Å². The summed E-state index contributed by atoms with van der Waals surface area (Å²) in [6.45, 7) is 1.44. The minimum Gasteiger partial charge on any atom is -0.496 e. The standard InChI is InChI=1S/C17H28N2O2/c1-19(12-14-8-4-5-9-15(14)20-2)17(13-18)11-7-6-10-16(17)21-3/h4-5,8-9,16H,6-7,10-13,18H2,1-3H3. The van der Waals surface area contributed by atoms with E-state index in [0.717, 1.165) is 25.1 Å². The van der Waals surface area contributed by atoms with E-state index in [2.05, 4.69) is 24.1 Å². The van der Waals surface area contributed by atoms with Crippen molar-refractivity contribution in [3.8, 4) is 5.75 Å². The van der Waals surface area contributed by atoms with Crippen molar-refractivity contribution >= 4 is 0 Å². The molecule has 1 aliphatic rings. The zero-order chi connectivity index (χ0) is 15.3. The second-order valence-corrected chi connectivity index (χ2v) is 5.95. The second kappa shape index (κ2) is 7.25. The van der Waals surface area contributed by atoms with Gasteiger partial charge >= 0.3 is 0 Å². The van der Waals surface area contributed by atoms with Crippen LogP contribution in [-0.2, 0) is 11.3 Å². The maximum atomic E-state index is 6.18. The van der Waals surface area contributed by atoms with E-state index in [1.807, 2.05) is 12.1 Å². The van der Waals surface area contributed by atoms with Crippen molar-refractivity contribution in [3.63, 3.8) is 0 Å². The Morgan fingerprint density at radius 1 is 1.29 bits per heavy atom. The summed E-state index contributed by atoms with van der Waals surface area (Å²) in [7, 11) is 5.67. The molecule has 2 atom stereocenters. The molecule has 118 valence electrons. The Bertz CT molecular complexity index is 452. The molecule has 1 aromatic carbocycles. The number of rotatable bonds is 6. The number of hydrogen-bond donors (Lipinski definition) is 1. The molecule has 0 saturated heterocycles. The number of nitrogens with zero attached hydrogens (tertiary/aromatic N) is 1. The van der Waals surface area contributed by atoms with Crippen molar-refractivity contribution in [1.82, 2.24) is 4.90 Å². The molecule has 2 rings (SSSR count). The van der Waals surface area contributed by atoms with Crippen LogP contribution in [0.2, 0.25) is 0 Å². The Balaban J connectivity index is 2.21. The molecule has 0 bridgehead atoms. The van der Waals surface area contributed by atoms with Crippen molar-refractivity contribution in [2.24, 2.45) is 5.73 Å². The summed E-state index contributed by atoms with van der Waals surface area (Å²) in [4.78, 5) is 2.36. The lowest BCUT2D eigenvalue weighted by molar-refractivity contribution is -0.0689. The number of likely N-dealkylation sites (N-methyl/N-ethyl adjacent to an activating group) is 1. The first kappa shape index (κ1) is 16.3. The average molecular weight is 292 g/mol. The monoisotopic (exact) mass is 292 g/mol. The van der Waals surface area contributed by atoms with Gasteiger partial charge in [0, 0.05) is 25.8 Å². The van der Waals surface area contributed by atoms with E-state index >= 15 is 0 Å². The summed E-state index contributed by atoms with van der Waals surface area (Å²) < 4.78 is 11.2. The SMILES string of the molecule is COc1ccccc1CN(C)C1(CN)CCCCC1OC. The molecule has 1 fully saturated rings. The minimum atomic E-state index is -0.0755. The van der Waals surface area contributed by atoms with Crippen molar-refractivity contribution in [2.75, 3.05) is 27.8 Å². The molecule has 0 amide bonds. The predicted molar refractivity (Wildman–Crippen MR) is 85.5 cm³/mol. The van der Waals surface area contributed by atoms with Gasteiger partial charge in [-0.1, -0.05) is 31.0 Å². The Labute approximate surface area is 128 Å². The normalized spacial score (nSPS) is 26.0. The molecule has 2 N–H and O–H groups in total. The molecule has 0 radical (unpaired) electrons. The predicted octanol–water partition coefficient (Wildman–Crippen LogP) is 2.41. The number of para-hydroxylation sites is 1. The van der Waals surface area contributed by atoms with Crippen LogP contribution in [0.25, 0.3) is 0 Å². The van der Waals surface area contributed by atoms with Gasteiger partial charge in [-0.15, -0.1) is 0 Å². The fraction of sp³-hybridized carbons (Fsp3) is 0.647. The number of nitrogens with two attached hydrogens (primary N) is 1. The van der Waals surface area contributed by atoms with Crippen LogP contribution in [0, 0.1) is 0 Å². The fourth-order valence-electron chi connectivity index (χ4n) is 3.60. The highest BCUT2D eigenvalue weighted by Gasteiger charge is 2.43. The van der Waals surface area contributed by atoms with Gasteiger partial charge in [-0.2, -0.15) is 0 Å². The van der Waals surface area contributed by atoms with Crippen molar-refractivity contribution in [1.29, 1.82) is 0 Å². The van der Waals surface area contributed by atoms with E-state index in [0.29, 0.717) is 6.54 Å². The van der Waals surface area contributed by atoms with E-state index < -0.39 is 0 Å². The molecule has 0 aromatic heterocycles. The Hall–Kier alpha value is -1.10. The molecule has 1 saturated carbocycles. The molecule has 21 heavy (non-hydrogen) atoms. The molecule has 0 spiro atoms. The van der Waals surface area contributed by atoms with Gasteiger partial charge in [-0.3, -0.25) is 4.90 Å². The topological polar surface area (TPSA) is 47.7 Å².